The van der Waals surface area contributed by atoms with Crippen molar-refractivity contribution >= 4 is 5.78 Å². The highest BCUT2D eigenvalue weighted by molar-refractivity contribution is 6.00. The van der Waals surface area contributed by atoms with Gasteiger partial charge in [-0.2, -0.15) is 0 Å². The van der Waals surface area contributed by atoms with Crippen molar-refractivity contribution in [3.63, 3.8) is 0 Å². The summed E-state index contributed by atoms with van der Waals surface area (Å²) in [7, 11) is 1.46. The van der Waals surface area contributed by atoms with Gasteiger partial charge in [-0.05, 0) is 44.2 Å². The van der Waals surface area contributed by atoms with E-state index in [1.807, 2.05) is 0 Å². The van der Waals surface area contributed by atoms with Gasteiger partial charge in [-0.25, -0.2) is 4.39 Å². The average Bonchev–Trinajstić information content (AvgIpc) is 2.44. The number of ketones is 1. The lowest BCUT2D eigenvalue weighted by molar-refractivity contribution is -0.137. The smallest absolute Gasteiger partial charge is 0.172 e. The standard InChI is InChI=1S/C16H19FO3/c1-19-13-5-2-4-12(17)14(13)15(18)11-6-9-20-16(10-11)7-3-8-16/h2,4-5,11H,3,6-10H2,1H3. The molecule has 2 fully saturated rings. The zero-order valence-electron chi connectivity index (χ0n) is 11.7. The Morgan fingerprint density at radius 1 is 1.45 bits per heavy atom. The average molecular weight is 278 g/mol. The van der Waals surface area contributed by atoms with Gasteiger partial charge in [-0.1, -0.05) is 6.07 Å². The first-order chi connectivity index (χ1) is 9.65. The summed E-state index contributed by atoms with van der Waals surface area (Å²) in [5.74, 6) is -0.475. The molecule has 4 heteroatoms. The van der Waals surface area contributed by atoms with E-state index in [1.165, 1.54) is 13.2 Å². The Kier molecular flexibility index (Phi) is 3.50. The third-order valence-corrected chi connectivity index (χ3v) is 4.57. The molecule has 3 rings (SSSR count). The van der Waals surface area contributed by atoms with E-state index in [2.05, 4.69) is 0 Å². The van der Waals surface area contributed by atoms with E-state index in [0.29, 0.717) is 25.2 Å². The Bertz CT molecular complexity index is 522. The molecule has 1 saturated carbocycles. The Balaban J connectivity index is 1.85. The lowest BCUT2D eigenvalue weighted by Gasteiger charge is -2.46. The SMILES string of the molecule is COc1cccc(F)c1C(=O)C1CCOC2(CCC2)C1. The number of carbonyl (C=O) groups excluding carboxylic acids is 1. The van der Waals surface area contributed by atoms with Crippen LogP contribution >= 0.6 is 0 Å². The molecule has 1 aromatic carbocycles. The van der Waals surface area contributed by atoms with Crippen molar-refractivity contribution in [3.05, 3.63) is 29.6 Å². The van der Waals surface area contributed by atoms with Gasteiger partial charge in [0.1, 0.15) is 11.6 Å². The molecular weight excluding hydrogens is 259 g/mol. The molecule has 1 atom stereocenters. The minimum absolute atomic E-state index is 0.0939. The fourth-order valence-corrected chi connectivity index (χ4v) is 3.29. The van der Waals surface area contributed by atoms with Crippen LogP contribution in [-0.4, -0.2) is 25.1 Å². The van der Waals surface area contributed by atoms with E-state index in [9.17, 15) is 9.18 Å². The Morgan fingerprint density at radius 3 is 2.90 bits per heavy atom. The molecule has 0 N–H and O–H groups in total. The number of carbonyl (C=O) groups is 1. The van der Waals surface area contributed by atoms with Crippen LogP contribution in [-0.2, 0) is 4.74 Å². The monoisotopic (exact) mass is 278 g/mol. The van der Waals surface area contributed by atoms with E-state index >= 15 is 0 Å². The number of ether oxygens (including phenoxy) is 2. The molecule has 0 radical (unpaired) electrons. The van der Waals surface area contributed by atoms with Crippen LogP contribution in [0.4, 0.5) is 4.39 Å². The minimum Gasteiger partial charge on any atom is -0.496 e. The minimum atomic E-state index is -0.497. The predicted octanol–water partition coefficient (Wildman–Crippen LogP) is 3.37. The zero-order valence-corrected chi connectivity index (χ0v) is 11.7. The molecular formula is C16H19FO3. The Morgan fingerprint density at radius 2 is 2.25 bits per heavy atom. The molecule has 1 heterocycles. The topological polar surface area (TPSA) is 35.5 Å². The molecule has 2 aliphatic rings. The van der Waals surface area contributed by atoms with Gasteiger partial charge in [0.25, 0.3) is 0 Å². The number of rotatable bonds is 3. The summed E-state index contributed by atoms with van der Waals surface area (Å²) >= 11 is 0. The maximum absolute atomic E-state index is 14.0. The normalized spacial score (nSPS) is 24.2. The van der Waals surface area contributed by atoms with E-state index in [0.717, 1.165) is 19.3 Å². The molecule has 1 aliphatic heterocycles. The number of benzene rings is 1. The molecule has 1 spiro atoms. The number of hydrogen-bond acceptors (Lipinski definition) is 3. The second-order valence-electron chi connectivity index (χ2n) is 5.76. The van der Waals surface area contributed by atoms with Crippen LogP contribution in [0.3, 0.4) is 0 Å². The van der Waals surface area contributed by atoms with Gasteiger partial charge in [0.15, 0.2) is 5.78 Å². The molecule has 0 bridgehead atoms. The van der Waals surface area contributed by atoms with Crippen LogP contribution in [0.1, 0.15) is 42.5 Å². The first kappa shape index (κ1) is 13.6. The summed E-state index contributed by atoms with van der Waals surface area (Å²) < 4.78 is 25.0. The van der Waals surface area contributed by atoms with Crippen molar-refractivity contribution in [2.45, 2.75) is 37.7 Å². The summed E-state index contributed by atoms with van der Waals surface area (Å²) in [4.78, 5) is 12.7. The molecule has 3 nitrogen and oxygen atoms in total. The van der Waals surface area contributed by atoms with E-state index in [-0.39, 0.29) is 22.9 Å². The second kappa shape index (κ2) is 5.17. The third-order valence-electron chi connectivity index (χ3n) is 4.57. The second-order valence-corrected chi connectivity index (χ2v) is 5.76. The maximum Gasteiger partial charge on any atom is 0.172 e. The van der Waals surface area contributed by atoms with Gasteiger partial charge in [0, 0.05) is 12.5 Å². The van der Waals surface area contributed by atoms with Gasteiger partial charge in [-0.15, -0.1) is 0 Å². The van der Waals surface area contributed by atoms with Crippen molar-refractivity contribution in [2.75, 3.05) is 13.7 Å². The summed E-state index contributed by atoms with van der Waals surface area (Å²) in [5, 5.41) is 0. The van der Waals surface area contributed by atoms with Crippen LogP contribution in [0.2, 0.25) is 0 Å². The summed E-state index contributed by atoms with van der Waals surface area (Å²) in [5.41, 5.74) is -0.0202. The third kappa shape index (κ3) is 2.22. The highest BCUT2D eigenvalue weighted by atomic mass is 19.1. The number of hydrogen-bond donors (Lipinski definition) is 0. The van der Waals surface area contributed by atoms with Crippen LogP contribution in [0.5, 0.6) is 5.75 Å². The largest absolute Gasteiger partial charge is 0.496 e. The molecule has 1 aromatic rings. The van der Waals surface area contributed by atoms with Crippen LogP contribution in [0, 0.1) is 11.7 Å². The molecule has 0 amide bonds. The molecule has 1 saturated heterocycles. The fourth-order valence-electron chi connectivity index (χ4n) is 3.29. The van der Waals surface area contributed by atoms with Crippen molar-refractivity contribution in [1.82, 2.24) is 0 Å². The van der Waals surface area contributed by atoms with Gasteiger partial charge < -0.3 is 9.47 Å². The first-order valence-electron chi connectivity index (χ1n) is 7.16. The van der Waals surface area contributed by atoms with Gasteiger partial charge >= 0.3 is 0 Å². The van der Waals surface area contributed by atoms with Gasteiger partial charge in [-0.3, -0.25) is 4.79 Å². The quantitative estimate of drug-likeness (QED) is 0.795. The van der Waals surface area contributed by atoms with Crippen molar-refractivity contribution in [3.8, 4) is 5.75 Å². The van der Waals surface area contributed by atoms with Crippen LogP contribution in [0.25, 0.3) is 0 Å². The van der Waals surface area contributed by atoms with Crippen LogP contribution < -0.4 is 4.74 Å². The van der Waals surface area contributed by atoms with E-state index < -0.39 is 5.82 Å². The van der Waals surface area contributed by atoms with Crippen molar-refractivity contribution in [2.24, 2.45) is 5.92 Å². The highest BCUT2D eigenvalue weighted by Crippen LogP contribution is 2.45. The predicted molar refractivity (Wildman–Crippen MR) is 72.5 cm³/mol. The number of halogens is 1. The molecule has 1 aliphatic carbocycles. The molecule has 108 valence electrons. The Hall–Kier alpha value is -1.42. The molecule has 20 heavy (non-hydrogen) atoms. The van der Waals surface area contributed by atoms with Gasteiger partial charge in [0.05, 0.1) is 18.3 Å². The lowest BCUT2D eigenvalue weighted by atomic mass is 9.70. The highest BCUT2D eigenvalue weighted by Gasteiger charge is 2.45. The summed E-state index contributed by atoms with van der Waals surface area (Å²) in [6, 6.07) is 4.51. The number of methoxy groups -OCH3 is 1. The Labute approximate surface area is 118 Å². The van der Waals surface area contributed by atoms with E-state index in [4.69, 9.17) is 9.47 Å². The maximum atomic E-state index is 14.0. The van der Waals surface area contributed by atoms with Crippen molar-refractivity contribution in [1.29, 1.82) is 0 Å². The lowest BCUT2D eigenvalue weighted by Crippen LogP contribution is -2.47. The number of Topliss-reactive ketones (excluding diaryl/α,β-unsaturated/α-hetero) is 1. The van der Waals surface area contributed by atoms with Gasteiger partial charge in [0.2, 0.25) is 0 Å². The summed E-state index contributed by atoms with van der Waals surface area (Å²) in [6.07, 6.45) is 4.57. The zero-order chi connectivity index (χ0) is 14.2. The summed E-state index contributed by atoms with van der Waals surface area (Å²) in [6.45, 7) is 0.590. The van der Waals surface area contributed by atoms with E-state index in [1.54, 1.807) is 12.1 Å². The van der Waals surface area contributed by atoms with Crippen molar-refractivity contribution < 1.29 is 18.7 Å². The van der Waals surface area contributed by atoms with Crippen LogP contribution in [0.15, 0.2) is 18.2 Å². The molecule has 1 unspecified atom stereocenters. The molecule has 0 aromatic heterocycles. The first-order valence-corrected chi connectivity index (χ1v) is 7.16. The fraction of sp³-hybridized carbons (Fsp3) is 0.562.